The van der Waals surface area contributed by atoms with Gasteiger partial charge in [-0.05, 0) is 110 Å². The van der Waals surface area contributed by atoms with Crippen LogP contribution in [0.25, 0.3) is 0 Å². The molecule has 4 aromatic rings. The summed E-state index contributed by atoms with van der Waals surface area (Å²) in [5.74, 6) is -0.101. The molecule has 4 aromatic carbocycles. The molecule has 0 radical (unpaired) electrons. The number of ketones is 1. The second-order valence-corrected chi connectivity index (χ2v) is 15.3. The normalized spacial score (nSPS) is 15.8. The van der Waals surface area contributed by atoms with Crippen LogP contribution in [0.5, 0.6) is 0 Å². The third-order valence-electron chi connectivity index (χ3n) is 11.1. The van der Waals surface area contributed by atoms with Gasteiger partial charge in [-0.1, -0.05) is 38.8 Å². The molecule has 2 fully saturated rings. The van der Waals surface area contributed by atoms with Crippen LogP contribution in [0.2, 0.25) is 0 Å². The number of carbonyl (C=O) groups is 1. The molecule has 0 aromatic heterocycles. The molecule has 0 aliphatic carbocycles. The van der Waals surface area contributed by atoms with E-state index in [1.54, 1.807) is 0 Å². The Kier molecular flexibility index (Phi) is 14.3. The molecule has 0 spiro atoms. The van der Waals surface area contributed by atoms with Crippen molar-refractivity contribution in [2.45, 2.75) is 65.0 Å². The quantitative estimate of drug-likeness (QED) is 0.0864. The SMILES string of the molecule is CCCCN1CCN(c2cc(CNc3ccc(C(F)(F)F)cc3)ccc2C(=O)c2ccc(CNc3ccc(C(F)(F)F)cc3)cc2N2CCN(CCCC)CC2)CC1. The summed E-state index contributed by atoms with van der Waals surface area (Å²) in [5, 5.41) is 6.48. The maximum atomic E-state index is 14.9. The molecule has 2 N–H and O–H groups in total. The minimum absolute atomic E-state index is 0.101. The Bertz CT molecular complexity index is 1790. The highest BCUT2D eigenvalue weighted by atomic mass is 19.4. The van der Waals surface area contributed by atoms with Gasteiger partial charge in [-0.3, -0.25) is 14.6 Å². The van der Waals surface area contributed by atoms with Crippen molar-refractivity contribution in [2.75, 3.05) is 85.9 Å². The Morgan fingerprint density at radius 1 is 0.534 bits per heavy atom. The molecule has 2 heterocycles. The lowest BCUT2D eigenvalue weighted by Gasteiger charge is -2.38. The summed E-state index contributed by atoms with van der Waals surface area (Å²) < 4.78 is 78.9. The average molecular weight is 809 g/mol. The minimum Gasteiger partial charge on any atom is -0.381 e. The largest absolute Gasteiger partial charge is 0.416 e. The van der Waals surface area contributed by atoms with Crippen molar-refractivity contribution in [3.63, 3.8) is 0 Å². The van der Waals surface area contributed by atoms with Gasteiger partial charge < -0.3 is 20.4 Å². The van der Waals surface area contributed by atoms with Crippen LogP contribution in [-0.2, 0) is 25.4 Å². The molecule has 0 saturated carbocycles. The van der Waals surface area contributed by atoms with Crippen LogP contribution < -0.4 is 20.4 Å². The molecule has 2 aliphatic rings. The molecule has 0 bridgehead atoms. The fourth-order valence-electron chi connectivity index (χ4n) is 7.58. The molecule has 13 heteroatoms. The number of nitrogens with zero attached hydrogens (tertiary/aromatic N) is 4. The number of nitrogens with one attached hydrogen (secondary N) is 2. The zero-order valence-electron chi connectivity index (χ0n) is 33.4. The zero-order chi connectivity index (χ0) is 41.3. The van der Waals surface area contributed by atoms with E-state index >= 15 is 0 Å². The van der Waals surface area contributed by atoms with Gasteiger partial charge in [0.25, 0.3) is 0 Å². The Morgan fingerprint density at radius 3 is 1.22 bits per heavy atom. The van der Waals surface area contributed by atoms with Crippen LogP contribution in [-0.4, -0.2) is 81.0 Å². The van der Waals surface area contributed by atoms with E-state index < -0.39 is 23.5 Å². The van der Waals surface area contributed by atoms with Crippen molar-refractivity contribution in [3.05, 3.63) is 118 Å². The first-order valence-electron chi connectivity index (χ1n) is 20.4. The van der Waals surface area contributed by atoms with Gasteiger partial charge in [0, 0.05) is 99.3 Å². The molecule has 312 valence electrons. The average Bonchev–Trinajstić information content (AvgIpc) is 3.23. The highest BCUT2D eigenvalue weighted by Gasteiger charge is 2.31. The number of hydrogen-bond donors (Lipinski definition) is 2. The first-order valence-corrected chi connectivity index (χ1v) is 20.4. The topological polar surface area (TPSA) is 54.1 Å². The summed E-state index contributed by atoms with van der Waals surface area (Å²) in [5.41, 5.74) is 4.33. The van der Waals surface area contributed by atoms with Crippen LogP contribution in [0.3, 0.4) is 0 Å². The Labute approximate surface area is 338 Å². The maximum absolute atomic E-state index is 14.9. The van der Waals surface area contributed by atoms with E-state index in [4.69, 9.17) is 0 Å². The molecule has 0 atom stereocenters. The van der Waals surface area contributed by atoms with Crippen molar-refractivity contribution in [1.29, 1.82) is 0 Å². The predicted molar refractivity (Wildman–Crippen MR) is 221 cm³/mol. The van der Waals surface area contributed by atoms with Crippen LogP contribution >= 0.6 is 0 Å². The molecule has 2 aliphatic heterocycles. The number of halogens is 6. The highest BCUT2D eigenvalue weighted by Crippen LogP contribution is 2.34. The van der Waals surface area contributed by atoms with E-state index in [0.717, 1.165) is 138 Å². The van der Waals surface area contributed by atoms with Gasteiger partial charge in [0.15, 0.2) is 5.78 Å². The van der Waals surface area contributed by atoms with E-state index in [0.29, 0.717) is 35.6 Å². The van der Waals surface area contributed by atoms with Gasteiger partial charge >= 0.3 is 12.4 Å². The molecule has 7 nitrogen and oxygen atoms in total. The smallest absolute Gasteiger partial charge is 0.381 e. The summed E-state index contributed by atoms with van der Waals surface area (Å²) >= 11 is 0. The summed E-state index contributed by atoms with van der Waals surface area (Å²) in [7, 11) is 0. The number of unbranched alkanes of at least 4 members (excludes halogenated alkanes) is 2. The highest BCUT2D eigenvalue weighted by molar-refractivity contribution is 6.15. The van der Waals surface area contributed by atoms with E-state index in [1.165, 1.54) is 24.3 Å². The second-order valence-electron chi connectivity index (χ2n) is 15.3. The fraction of sp³-hybridized carbons (Fsp3) is 0.444. The molecular formula is C45H54F6N6O. The van der Waals surface area contributed by atoms with Crippen molar-refractivity contribution in [3.8, 4) is 0 Å². The zero-order valence-corrected chi connectivity index (χ0v) is 33.4. The van der Waals surface area contributed by atoms with Gasteiger partial charge in [0.2, 0.25) is 0 Å². The number of benzene rings is 4. The molecule has 58 heavy (non-hydrogen) atoms. The van der Waals surface area contributed by atoms with E-state index in [1.807, 2.05) is 36.4 Å². The predicted octanol–water partition coefficient (Wildman–Crippen LogP) is 10.0. The maximum Gasteiger partial charge on any atom is 0.416 e. The van der Waals surface area contributed by atoms with E-state index in [-0.39, 0.29) is 5.78 Å². The van der Waals surface area contributed by atoms with Gasteiger partial charge in [-0.2, -0.15) is 26.3 Å². The molecule has 0 unspecified atom stereocenters. The van der Waals surface area contributed by atoms with Crippen LogP contribution in [0.4, 0.5) is 49.1 Å². The summed E-state index contributed by atoms with van der Waals surface area (Å²) in [6.45, 7) is 13.6. The summed E-state index contributed by atoms with van der Waals surface area (Å²) in [6.07, 6.45) is -4.34. The Hall–Kier alpha value is -4.75. The molecular weight excluding hydrogens is 755 g/mol. The Morgan fingerprint density at radius 2 is 0.897 bits per heavy atom. The van der Waals surface area contributed by atoms with Crippen molar-refractivity contribution in [1.82, 2.24) is 9.80 Å². The van der Waals surface area contributed by atoms with Gasteiger partial charge in [-0.15, -0.1) is 0 Å². The Balaban J connectivity index is 1.28. The third kappa shape index (κ3) is 11.3. The van der Waals surface area contributed by atoms with E-state index in [2.05, 4.69) is 44.1 Å². The van der Waals surface area contributed by atoms with Crippen molar-refractivity contribution < 1.29 is 31.1 Å². The molecule has 6 rings (SSSR count). The van der Waals surface area contributed by atoms with Gasteiger partial charge in [0.1, 0.15) is 0 Å². The first-order chi connectivity index (χ1) is 27.8. The summed E-state index contributed by atoms with van der Waals surface area (Å²) in [4.78, 5) is 24.3. The van der Waals surface area contributed by atoms with E-state index in [9.17, 15) is 31.1 Å². The number of anilines is 4. The minimum atomic E-state index is -4.41. The fourth-order valence-corrected chi connectivity index (χ4v) is 7.58. The third-order valence-corrected chi connectivity index (χ3v) is 11.1. The lowest BCUT2D eigenvalue weighted by Crippen LogP contribution is -2.47. The number of carbonyl (C=O) groups excluding carboxylic acids is 1. The van der Waals surface area contributed by atoms with Crippen molar-refractivity contribution >= 4 is 28.5 Å². The lowest BCUT2D eigenvalue weighted by molar-refractivity contribution is -0.138. The molecule has 2 saturated heterocycles. The van der Waals surface area contributed by atoms with Gasteiger partial charge in [0.05, 0.1) is 11.1 Å². The van der Waals surface area contributed by atoms with Crippen LogP contribution in [0, 0.1) is 0 Å². The standard InChI is InChI=1S/C45H54F6N6O/c1-3-5-19-54-21-25-56(26-22-54)41-29-33(31-52-37-13-9-35(10-14-37)44(46,47)48)7-17-39(41)43(58)40-18-8-34(32-53-38-15-11-36(12-16-38)45(49,50)51)30-42(40)57-27-23-55(24-28-57)20-6-4-2/h7-18,29-30,52-53H,3-6,19-28,31-32H2,1-2H3. The number of rotatable bonds is 16. The molecule has 0 amide bonds. The second kappa shape index (κ2) is 19.3. The number of alkyl halides is 6. The first kappa shape index (κ1) is 42.8. The van der Waals surface area contributed by atoms with Crippen LogP contribution in [0.15, 0.2) is 84.9 Å². The lowest BCUT2D eigenvalue weighted by atomic mass is 9.95. The van der Waals surface area contributed by atoms with Crippen molar-refractivity contribution in [2.24, 2.45) is 0 Å². The van der Waals surface area contributed by atoms with Gasteiger partial charge in [-0.25, -0.2) is 0 Å². The summed E-state index contributed by atoms with van der Waals surface area (Å²) in [6, 6.07) is 21.5. The monoisotopic (exact) mass is 808 g/mol. The number of hydrogen-bond acceptors (Lipinski definition) is 7. The van der Waals surface area contributed by atoms with Crippen LogP contribution in [0.1, 0.15) is 77.7 Å². The number of piperazine rings is 2.